The van der Waals surface area contributed by atoms with Gasteiger partial charge in [0.05, 0.1) is 11.4 Å². The Bertz CT molecular complexity index is 2580. The van der Waals surface area contributed by atoms with E-state index in [-0.39, 0.29) is 17.7 Å². The average molecular weight is 691 g/mol. The molecule has 254 valence electrons. The van der Waals surface area contributed by atoms with Gasteiger partial charge in [-0.2, -0.15) is 0 Å². The van der Waals surface area contributed by atoms with E-state index in [0.717, 1.165) is 0 Å². The van der Waals surface area contributed by atoms with Crippen LogP contribution in [0.15, 0.2) is 121 Å². The maximum atomic E-state index is 4.12. The van der Waals surface area contributed by atoms with Crippen LogP contribution in [0.25, 0.3) is 43.5 Å². The summed E-state index contributed by atoms with van der Waals surface area (Å²) in [5.41, 5.74) is 19.9. The summed E-state index contributed by atoms with van der Waals surface area (Å²) in [7, 11) is 0. The van der Waals surface area contributed by atoms with Crippen molar-refractivity contribution in [2.75, 3.05) is 10.1 Å². The number of para-hydroxylation sites is 1. The summed E-state index contributed by atoms with van der Waals surface area (Å²) in [5.74, 6) is 0. The molecule has 0 amide bonds. The van der Waals surface area contributed by atoms with Gasteiger partial charge < -0.3 is 10.1 Å². The van der Waals surface area contributed by atoms with Gasteiger partial charge in [-0.25, -0.2) is 0 Å². The van der Waals surface area contributed by atoms with Gasteiger partial charge in [-0.15, -0.1) is 11.3 Å². The number of nitrogens with zero attached hydrogens (tertiary/aromatic N) is 1. The zero-order chi connectivity index (χ0) is 35.5. The molecule has 0 fully saturated rings. The summed E-state index contributed by atoms with van der Waals surface area (Å²) in [6, 6.07) is 45.8. The number of rotatable bonds is 3. The van der Waals surface area contributed by atoms with Gasteiger partial charge in [0.2, 0.25) is 0 Å². The molecule has 3 heterocycles. The minimum atomic E-state index is 0.0520. The second-order valence-corrected chi connectivity index (χ2v) is 17.7. The molecule has 2 nitrogen and oxygen atoms in total. The van der Waals surface area contributed by atoms with Crippen LogP contribution in [0.1, 0.15) is 62.8 Å². The van der Waals surface area contributed by atoms with Gasteiger partial charge in [0.25, 0.3) is 0 Å². The van der Waals surface area contributed by atoms with Crippen LogP contribution in [0.2, 0.25) is 0 Å². The van der Waals surface area contributed by atoms with Crippen molar-refractivity contribution in [1.29, 1.82) is 0 Å². The normalized spacial score (nSPS) is 16.1. The van der Waals surface area contributed by atoms with Crippen LogP contribution < -0.4 is 20.4 Å². The number of hydrogen-bond donors (Lipinski definition) is 1. The Hall–Kier alpha value is -5.06. The molecule has 1 aliphatic carbocycles. The van der Waals surface area contributed by atoms with Gasteiger partial charge in [-0.05, 0) is 112 Å². The molecule has 3 aliphatic rings. The summed E-state index contributed by atoms with van der Waals surface area (Å²) in [4.78, 5) is 2.67. The highest BCUT2D eigenvalue weighted by Gasteiger charge is 2.45. The Kier molecular flexibility index (Phi) is 6.83. The van der Waals surface area contributed by atoms with Crippen molar-refractivity contribution in [1.82, 2.24) is 0 Å². The number of aryl methyl sites for hydroxylation is 2. The lowest BCUT2D eigenvalue weighted by molar-refractivity contribution is 0.332. The number of nitrogens with one attached hydrogen (secondary N) is 1. The Morgan fingerprint density at radius 3 is 2.04 bits per heavy atom. The predicted octanol–water partition coefficient (Wildman–Crippen LogP) is 12.2. The summed E-state index contributed by atoms with van der Waals surface area (Å²) < 4.78 is 2.70. The molecule has 0 saturated carbocycles. The van der Waals surface area contributed by atoms with Gasteiger partial charge in [0.15, 0.2) is 0 Å². The molecule has 0 saturated heterocycles. The van der Waals surface area contributed by atoms with E-state index in [9.17, 15) is 0 Å². The van der Waals surface area contributed by atoms with E-state index >= 15 is 0 Å². The quantitative estimate of drug-likeness (QED) is 0.186. The van der Waals surface area contributed by atoms with Gasteiger partial charge in [0, 0.05) is 37.4 Å². The van der Waals surface area contributed by atoms with Crippen LogP contribution in [0.3, 0.4) is 0 Å². The van der Waals surface area contributed by atoms with Gasteiger partial charge in [-0.3, -0.25) is 0 Å². The molecule has 0 unspecified atom stereocenters. The SMILES string of the molecule is Cc1cc2c3c(c1)N(c1cc4c(cc1-c1ccccc1)C(C)(C)CCC4(C)C)c1c(sc4cc(-c5ccccc5)ccc14)B3Nc1c(C)cccc1-2. The van der Waals surface area contributed by atoms with Crippen molar-refractivity contribution >= 4 is 61.3 Å². The largest absolute Gasteiger partial charge is 0.419 e. The second kappa shape index (κ2) is 11.2. The zero-order valence-corrected chi connectivity index (χ0v) is 31.7. The third-order valence-corrected chi connectivity index (χ3v) is 13.5. The lowest BCUT2D eigenvalue weighted by Gasteiger charge is -2.44. The molecule has 0 radical (unpaired) electrons. The molecule has 7 aromatic rings. The first kappa shape index (κ1) is 31.7. The van der Waals surface area contributed by atoms with Crippen LogP contribution >= 0.6 is 11.3 Å². The lowest BCUT2D eigenvalue weighted by atomic mass is 9.48. The van der Waals surface area contributed by atoms with E-state index in [1.807, 2.05) is 11.3 Å². The number of anilines is 4. The third kappa shape index (κ3) is 4.63. The number of thiophene rings is 1. The fraction of sp³-hybridized carbons (Fsp3) is 0.208. The smallest absolute Gasteiger partial charge is 0.336 e. The Morgan fingerprint density at radius 2 is 1.31 bits per heavy atom. The van der Waals surface area contributed by atoms with E-state index in [1.54, 1.807) is 0 Å². The Labute approximate surface area is 312 Å². The number of benzene rings is 6. The number of hydrogen-bond acceptors (Lipinski definition) is 3. The minimum Gasteiger partial charge on any atom is -0.419 e. The maximum absolute atomic E-state index is 4.12. The van der Waals surface area contributed by atoms with Crippen molar-refractivity contribution in [2.24, 2.45) is 0 Å². The molecule has 6 aromatic carbocycles. The van der Waals surface area contributed by atoms with Gasteiger partial charge in [0.1, 0.15) is 0 Å². The first-order valence-electron chi connectivity index (χ1n) is 18.8. The van der Waals surface area contributed by atoms with Crippen molar-refractivity contribution in [2.45, 2.75) is 65.2 Å². The molecular formula is C48H43BN2S. The fourth-order valence-electron chi connectivity index (χ4n) is 9.33. The van der Waals surface area contributed by atoms with Gasteiger partial charge >= 0.3 is 6.85 Å². The molecule has 0 bridgehead atoms. The van der Waals surface area contributed by atoms with Crippen molar-refractivity contribution in [3.8, 4) is 33.4 Å². The highest BCUT2D eigenvalue weighted by Crippen LogP contribution is 2.54. The van der Waals surface area contributed by atoms with Crippen LogP contribution in [0, 0.1) is 13.8 Å². The summed E-state index contributed by atoms with van der Waals surface area (Å²) in [6.07, 6.45) is 2.36. The second-order valence-electron chi connectivity index (χ2n) is 16.6. The first-order valence-corrected chi connectivity index (χ1v) is 19.6. The van der Waals surface area contributed by atoms with Crippen LogP contribution in [0.5, 0.6) is 0 Å². The summed E-state index contributed by atoms with van der Waals surface area (Å²) >= 11 is 1.96. The molecule has 1 aromatic heterocycles. The fourth-order valence-corrected chi connectivity index (χ4v) is 10.6. The Morgan fingerprint density at radius 1 is 0.615 bits per heavy atom. The molecular weight excluding hydrogens is 647 g/mol. The average Bonchev–Trinajstić information content (AvgIpc) is 3.53. The molecule has 0 spiro atoms. The van der Waals surface area contributed by atoms with Crippen molar-refractivity contribution in [3.05, 3.63) is 144 Å². The number of fused-ring (bicyclic) bond motifs is 7. The molecule has 10 rings (SSSR count). The minimum absolute atomic E-state index is 0.0520. The molecule has 2 aliphatic heterocycles. The summed E-state index contributed by atoms with van der Waals surface area (Å²) in [6.45, 7) is 14.3. The van der Waals surface area contributed by atoms with Crippen molar-refractivity contribution in [3.63, 3.8) is 0 Å². The standard InChI is InChI=1S/C48H43BN2S/c1-29-24-37-34-19-13-14-30(2)44(34)50-49-43(37)41(25-29)51(45-35-21-20-33(26-42(35)52-46(45)49)31-15-9-7-10-16-31)40-28-39-38(47(3,4)22-23-48(39,5)6)27-36(40)32-17-11-8-12-18-32/h7-21,24-28,50H,22-23H2,1-6H3. The van der Waals surface area contributed by atoms with E-state index in [1.165, 1.54) is 112 Å². The molecule has 0 atom stereocenters. The molecule has 52 heavy (non-hydrogen) atoms. The lowest BCUT2D eigenvalue weighted by Crippen LogP contribution is -2.56. The monoisotopic (exact) mass is 690 g/mol. The topological polar surface area (TPSA) is 15.3 Å². The molecule has 4 heteroatoms. The summed E-state index contributed by atoms with van der Waals surface area (Å²) in [5, 5.41) is 5.43. The van der Waals surface area contributed by atoms with Crippen LogP contribution in [0.4, 0.5) is 22.7 Å². The Balaban J connectivity index is 1.33. The van der Waals surface area contributed by atoms with Crippen LogP contribution in [-0.4, -0.2) is 6.85 Å². The van der Waals surface area contributed by atoms with Gasteiger partial charge in [-0.1, -0.05) is 125 Å². The zero-order valence-electron chi connectivity index (χ0n) is 30.9. The van der Waals surface area contributed by atoms with Crippen LogP contribution in [-0.2, 0) is 10.8 Å². The third-order valence-electron chi connectivity index (χ3n) is 12.3. The van der Waals surface area contributed by atoms with E-state index in [4.69, 9.17) is 0 Å². The molecule has 1 N–H and O–H groups in total. The van der Waals surface area contributed by atoms with E-state index < -0.39 is 0 Å². The van der Waals surface area contributed by atoms with E-state index in [2.05, 4.69) is 173 Å². The van der Waals surface area contributed by atoms with E-state index in [0.29, 0.717) is 0 Å². The highest BCUT2D eigenvalue weighted by molar-refractivity contribution is 7.32. The highest BCUT2D eigenvalue weighted by atomic mass is 32.1. The first-order chi connectivity index (χ1) is 25.1. The maximum Gasteiger partial charge on any atom is 0.336 e. The predicted molar refractivity (Wildman–Crippen MR) is 226 cm³/mol. The van der Waals surface area contributed by atoms with Crippen molar-refractivity contribution < 1.29 is 0 Å².